The van der Waals surface area contributed by atoms with Crippen LogP contribution in [0.1, 0.15) is 32.6 Å². The Hall–Kier alpha value is -1.88. The highest BCUT2D eigenvalue weighted by Gasteiger charge is 2.21. The van der Waals surface area contributed by atoms with Crippen LogP contribution in [0.25, 0.3) is 0 Å². The van der Waals surface area contributed by atoms with Crippen LogP contribution >= 0.6 is 0 Å². The minimum atomic E-state index is -0.841. The zero-order valence-corrected chi connectivity index (χ0v) is 12.5. The van der Waals surface area contributed by atoms with Gasteiger partial charge in [-0.2, -0.15) is 0 Å². The number of para-hydroxylation sites is 1. The largest absolute Gasteiger partial charge is 0.481 e. The zero-order chi connectivity index (χ0) is 15.7. The van der Waals surface area contributed by atoms with Crippen molar-refractivity contribution in [1.29, 1.82) is 0 Å². The lowest BCUT2D eigenvalue weighted by molar-refractivity contribution is -0.137. The van der Waals surface area contributed by atoms with Gasteiger partial charge in [0.1, 0.15) is 0 Å². The lowest BCUT2D eigenvalue weighted by Gasteiger charge is -2.26. The van der Waals surface area contributed by atoms with Crippen LogP contribution in [-0.2, 0) is 9.59 Å². The molecule has 5 heteroatoms. The summed E-state index contributed by atoms with van der Waals surface area (Å²) in [4.78, 5) is 24.9. The molecule has 116 valence electrons. The summed E-state index contributed by atoms with van der Waals surface area (Å²) in [5.41, 5.74) is 6.30. The maximum atomic E-state index is 12.6. The molecule has 1 aromatic carbocycles. The van der Waals surface area contributed by atoms with Crippen LogP contribution in [0.15, 0.2) is 30.3 Å². The number of carboxylic acids is 1. The molecule has 0 bridgehead atoms. The van der Waals surface area contributed by atoms with Crippen LogP contribution in [0.3, 0.4) is 0 Å². The number of benzene rings is 1. The Labute approximate surface area is 125 Å². The third-order valence-corrected chi connectivity index (χ3v) is 3.37. The fourth-order valence-corrected chi connectivity index (χ4v) is 2.18. The van der Waals surface area contributed by atoms with Crippen molar-refractivity contribution in [2.24, 2.45) is 11.7 Å². The highest BCUT2D eigenvalue weighted by Crippen LogP contribution is 2.19. The second kappa shape index (κ2) is 9.13. The van der Waals surface area contributed by atoms with Crippen LogP contribution in [-0.4, -0.2) is 30.1 Å². The lowest BCUT2D eigenvalue weighted by Crippen LogP contribution is -2.36. The molecule has 0 aliphatic heterocycles. The highest BCUT2D eigenvalue weighted by molar-refractivity contribution is 5.94. The summed E-state index contributed by atoms with van der Waals surface area (Å²) < 4.78 is 0. The minimum absolute atomic E-state index is 0.0278. The van der Waals surface area contributed by atoms with Crippen LogP contribution < -0.4 is 10.6 Å². The predicted octanol–water partition coefficient (Wildman–Crippen LogP) is 2.26. The zero-order valence-electron chi connectivity index (χ0n) is 12.5. The van der Waals surface area contributed by atoms with Crippen molar-refractivity contribution in [3.8, 4) is 0 Å². The summed E-state index contributed by atoms with van der Waals surface area (Å²) in [6.45, 7) is 2.88. The topological polar surface area (TPSA) is 83.6 Å². The molecule has 21 heavy (non-hydrogen) atoms. The fraction of sp³-hybridized carbons (Fsp3) is 0.500. The van der Waals surface area contributed by atoms with Crippen molar-refractivity contribution in [3.63, 3.8) is 0 Å². The number of nitrogens with zero attached hydrogens (tertiary/aromatic N) is 1. The third-order valence-electron chi connectivity index (χ3n) is 3.37. The third kappa shape index (κ3) is 5.95. The molecule has 0 aromatic heterocycles. The van der Waals surface area contributed by atoms with Crippen LogP contribution in [0.5, 0.6) is 0 Å². The van der Waals surface area contributed by atoms with Crippen LogP contribution in [0, 0.1) is 5.92 Å². The van der Waals surface area contributed by atoms with E-state index in [2.05, 4.69) is 0 Å². The SMILES string of the molecule is CC(CCCN)C(=O)N(CCCC(=O)O)c1ccccc1. The van der Waals surface area contributed by atoms with E-state index < -0.39 is 5.97 Å². The molecule has 0 radical (unpaired) electrons. The van der Waals surface area contributed by atoms with Gasteiger partial charge in [0.25, 0.3) is 0 Å². The molecule has 3 N–H and O–H groups in total. The summed E-state index contributed by atoms with van der Waals surface area (Å²) in [5, 5.41) is 8.74. The van der Waals surface area contributed by atoms with E-state index in [0.717, 1.165) is 18.5 Å². The second-order valence-electron chi connectivity index (χ2n) is 5.15. The molecule has 0 spiro atoms. The van der Waals surface area contributed by atoms with Gasteiger partial charge in [-0.05, 0) is 37.9 Å². The lowest BCUT2D eigenvalue weighted by atomic mass is 10.0. The van der Waals surface area contributed by atoms with Crippen LogP contribution in [0.4, 0.5) is 5.69 Å². The molecule has 5 nitrogen and oxygen atoms in total. The summed E-state index contributed by atoms with van der Waals surface area (Å²) >= 11 is 0. The Morgan fingerprint density at radius 3 is 2.48 bits per heavy atom. The second-order valence-corrected chi connectivity index (χ2v) is 5.15. The first kappa shape index (κ1) is 17.2. The number of carbonyl (C=O) groups excluding carboxylic acids is 1. The standard InChI is InChI=1S/C16H24N2O3/c1-13(7-5-11-17)16(21)18(12-6-10-15(19)20)14-8-3-2-4-9-14/h2-4,8-9,13H,5-7,10-12,17H2,1H3,(H,19,20). The number of carbonyl (C=O) groups is 2. The molecule has 1 aromatic rings. The van der Waals surface area contributed by atoms with Crippen LogP contribution in [0.2, 0.25) is 0 Å². The van der Waals surface area contributed by atoms with Gasteiger partial charge in [0.05, 0.1) is 0 Å². The Morgan fingerprint density at radius 1 is 1.24 bits per heavy atom. The van der Waals surface area contributed by atoms with Crippen molar-refractivity contribution in [1.82, 2.24) is 0 Å². The van der Waals surface area contributed by atoms with Gasteiger partial charge in [-0.3, -0.25) is 9.59 Å². The monoisotopic (exact) mass is 292 g/mol. The first-order chi connectivity index (χ1) is 10.1. The number of aliphatic carboxylic acids is 1. The van der Waals surface area contributed by atoms with Crippen molar-refractivity contribution in [2.75, 3.05) is 18.0 Å². The van der Waals surface area contributed by atoms with Gasteiger partial charge in [-0.25, -0.2) is 0 Å². The van der Waals surface area contributed by atoms with E-state index in [1.54, 1.807) is 4.90 Å². The number of hydrogen-bond acceptors (Lipinski definition) is 3. The average Bonchev–Trinajstić information content (AvgIpc) is 2.49. The first-order valence-corrected chi connectivity index (χ1v) is 7.34. The molecular weight excluding hydrogens is 268 g/mol. The van der Waals surface area contributed by atoms with Gasteiger partial charge >= 0.3 is 5.97 Å². The van der Waals surface area contributed by atoms with Gasteiger partial charge < -0.3 is 15.7 Å². The molecule has 1 unspecified atom stereocenters. The normalized spacial score (nSPS) is 11.9. The van der Waals surface area contributed by atoms with Gasteiger partial charge in [0, 0.05) is 24.6 Å². The van der Waals surface area contributed by atoms with E-state index >= 15 is 0 Å². The van der Waals surface area contributed by atoms with Gasteiger partial charge in [-0.1, -0.05) is 25.1 Å². The van der Waals surface area contributed by atoms with Crippen molar-refractivity contribution in [3.05, 3.63) is 30.3 Å². The Kier molecular flexibility index (Phi) is 7.46. The van der Waals surface area contributed by atoms with Crippen molar-refractivity contribution >= 4 is 17.6 Å². The summed E-state index contributed by atoms with van der Waals surface area (Å²) in [6, 6.07) is 9.37. The quantitative estimate of drug-likeness (QED) is 0.731. The van der Waals surface area contributed by atoms with Crippen molar-refractivity contribution < 1.29 is 14.7 Å². The van der Waals surface area contributed by atoms with E-state index in [1.165, 1.54) is 0 Å². The summed E-state index contributed by atoms with van der Waals surface area (Å²) in [5.74, 6) is -0.926. The summed E-state index contributed by atoms with van der Waals surface area (Å²) in [6.07, 6.45) is 2.07. The highest BCUT2D eigenvalue weighted by atomic mass is 16.4. The van der Waals surface area contributed by atoms with E-state index in [1.807, 2.05) is 37.3 Å². The van der Waals surface area contributed by atoms with E-state index in [9.17, 15) is 9.59 Å². The number of rotatable bonds is 9. The molecule has 1 atom stereocenters. The summed E-state index contributed by atoms with van der Waals surface area (Å²) in [7, 11) is 0. The van der Waals surface area contributed by atoms with Gasteiger partial charge in [-0.15, -0.1) is 0 Å². The smallest absolute Gasteiger partial charge is 0.303 e. The van der Waals surface area contributed by atoms with E-state index in [0.29, 0.717) is 19.5 Å². The number of anilines is 1. The molecule has 0 saturated heterocycles. The molecule has 0 aliphatic carbocycles. The maximum Gasteiger partial charge on any atom is 0.303 e. The Bertz CT molecular complexity index is 448. The van der Waals surface area contributed by atoms with E-state index in [4.69, 9.17) is 10.8 Å². The van der Waals surface area contributed by atoms with Crippen molar-refractivity contribution in [2.45, 2.75) is 32.6 Å². The number of hydrogen-bond donors (Lipinski definition) is 2. The van der Waals surface area contributed by atoms with Gasteiger partial charge in [0.2, 0.25) is 5.91 Å². The molecule has 0 aliphatic rings. The minimum Gasteiger partial charge on any atom is -0.481 e. The Balaban J connectivity index is 2.76. The molecule has 0 heterocycles. The number of amides is 1. The van der Waals surface area contributed by atoms with Gasteiger partial charge in [0.15, 0.2) is 0 Å². The molecule has 1 amide bonds. The maximum absolute atomic E-state index is 12.6. The predicted molar refractivity (Wildman–Crippen MR) is 83.1 cm³/mol. The van der Waals surface area contributed by atoms with E-state index in [-0.39, 0.29) is 18.2 Å². The molecule has 0 fully saturated rings. The molecule has 0 saturated carbocycles. The first-order valence-electron chi connectivity index (χ1n) is 7.34. The molecule has 1 rings (SSSR count). The average molecular weight is 292 g/mol. The number of nitrogens with two attached hydrogens (primary N) is 1. The Morgan fingerprint density at radius 2 is 1.90 bits per heavy atom. The number of carboxylic acid groups (broad SMARTS) is 1. The molecular formula is C16H24N2O3. The fourth-order valence-electron chi connectivity index (χ4n) is 2.18.